The zero-order valence-corrected chi connectivity index (χ0v) is 22.2. The topological polar surface area (TPSA) is 101 Å². The molecule has 2 amide bonds. The Hall–Kier alpha value is -3.41. The number of hydrogen-bond acceptors (Lipinski definition) is 6. The molecule has 1 aliphatic rings. The summed E-state index contributed by atoms with van der Waals surface area (Å²) < 4.78 is 56.4. The van der Waals surface area contributed by atoms with Gasteiger partial charge in [0.1, 0.15) is 0 Å². The maximum absolute atomic E-state index is 13.9. The number of benzene rings is 2. The number of methoxy groups -OCH3 is 1. The number of rotatable bonds is 8. The van der Waals surface area contributed by atoms with Crippen LogP contribution >= 0.6 is 0 Å². The molecule has 38 heavy (non-hydrogen) atoms. The number of urea groups is 1. The number of nitrogens with zero attached hydrogens (tertiary/aromatic N) is 2. The predicted octanol–water partition coefficient (Wildman–Crippen LogP) is 3.97. The summed E-state index contributed by atoms with van der Waals surface area (Å²) in [5.74, 6) is -2.08. The van der Waals surface area contributed by atoms with E-state index in [9.17, 15) is 22.0 Å². The Morgan fingerprint density at radius 1 is 1.11 bits per heavy atom. The van der Waals surface area contributed by atoms with Crippen molar-refractivity contribution in [1.29, 1.82) is 0 Å². The van der Waals surface area contributed by atoms with Crippen molar-refractivity contribution in [2.45, 2.75) is 23.8 Å². The van der Waals surface area contributed by atoms with Gasteiger partial charge in [-0.15, -0.1) is 0 Å². The molecule has 4 rings (SSSR count). The van der Waals surface area contributed by atoms with Crippen LogP contribution in [-0.4, -0.2) is 70.0 Å². The molecule has 2 heterocycles. The van der Waals surface area contributed by atoms with Gasteiger partial charge in [-0.1, -0.05) is 18.2 Å². The van der Waals surface area contributed by atoms with Crippen molar-refractivity contribution >= 4 is 21.6 Å². The Balaban J connectivity index is 1.48. The maximum atomic E-state index is 13.9. The number of hydrogen-bond donors (Lipinski definition) is 2. The lowest BCUT2D eigenvalue weighted by molar-refractivity contribution is 0.159. The van der Waals surface area contributed by atoms with E-state index in [4.69, 9.17) is 4.74 Å². The molecule has 0 saturated carbocycles. The third-order valence-corrected chi connectivity index (χ3v) is 7.70. The number of pyridine rings is 1. The molecule has 2 atom stereocenters. The minimum Gasteiger partial charge on any atom is -0.383 e. The van der Waals surface area contributed by atoms with Gasteiger partial charge in [0.15, 0.2) is 21.5 Å². The molecule has 2 N–H and O–H groups in total. The van der Waals surface area contributed by atoms with E-state index in [2.05, 4.69) is 20.5 Å². The molecule has 11 heteroatoms. The molecule has 202 valence electrons. The van der Waals surface area contributed by atoms with Crippen molar-refractivity contribution in [3.05, 3.63) is 77.5 Å². The molecule has 8 nitrogen and oxygen atoms in total. The van der Waals surface area contributed by atoms with Gasteiger partial charge in [-0.2, -0.15) is 0 Å². The van der Waals surface area contributed by atoms with Crippen LogP contribution in [0.3, 0.4) is 0 Å². The lowest BCUT2D eigenvalue weighted by Crippen LogP contribution is -2.42. The minimum absolute atomic E-state index is 0.197. The molecule has 0 aliphatic carbocycles. The number of amides is 2. The summed E-state index contributed by atoms with van der Waals surface area (Å²) in [7, 11) is -1.75. The van der Waals surface area contributed by atoms with Crippen LogP contribution in [0.4, 0.5) is 19.3 Å². The van der Waals surface area contributed by atoms with Gasteiger partial charge in [-0.05, 0) is 48.9 Å². The van der Waals surface area contributed by atoms with E-state index >= 15 is 0 Å². The molecule has 1 saturated heterocycles. The van der Waals surface area contributed by atoms with Crippen LogP contribution in [0.25, 0.3) is 11.3 Å². The van der Waals surface area contributed by atoms with E-state index in [1.165, 1.54) is 12.1 Å². The highest BCUT2D eigenvalue weighted by atomic mass is 32.2. The van der Waals surface area contributed by atoms with Crippen LogP contribution in [0, 0.1) is 18.6 Å². The SMILES string of the molecule is COCCN1C[C@@H](NC(=O)Nc2ccc(-c3cccc(S(C)(=O)=O)c3)nc2C)[C@H](c2ccc(F)c(F)c2)C1. The maximum Gasteiger partial charge on any atom is 0.319 e. The Bertz CT molecular complexity index is 1430. The van der Waals surface area contributed by atoms with Crippen LogP contribution in [-0.2, 0) is 14.6 Å². The molecule has 1 aromatic heterocycles. The zero-order chi connectivity index (χ0) is 27.4. The number of aryl methyl sites for hydroxylation is 1. The molecule has 1 fully saturated rings. The Labute approximate surface area is 220 Å². The average Bonchev–Trinajstić information content (AvgIpc) is 3.27. The second-order valence-electron chi connectivity index (χ2n) is 9.37. The molecule has 0 radical (unpaired) electrons. The molecule has 1 aliphatic heterocycles. The number of sulfone groups is 1. The molecule has 0 bridgehead atoms. The second-order valence-corrected chi connectivity index (χ2v) is 11.4. The van der Waals surface area contributed by atoms with E-state index in [0.29, 0.717) is 54.4 Å². The third kappa shape index (κ3) is 6.53. The fourth-order valence-corrected chi connectivity index (χ4v) is 5.25. The third-order valence-electron chi connectivity index (χ3n) is 6.59. The normalized spacial score (nSPS) is 17.9. The first-order valence-electron chi connectivity index (χ1n) is 12.1. The molecule has 2 aromatic carbocycles. The van der Waals surface area contributed by atoms with E-state index in [0.717, 1.165) is 12.3 Å². The number of aromatic nitrogens is 1. The van der Waals surface area contributed by atoms with E-state index < -0.39 is 27.5 Å². The molecule has 0 unspecified atom stereocenters. The van der Waals surface area contributed by atoms with Gasteiger partial charge in [0.05, 0.1) is 34.6 Å². The van der Waals surface area contributed by atoms with Crippen molar-refractivity contribution in [2.75, 3.05) is 44.9 Å². The van der Waals surface area contributed by atoms with Gasteiger partial charge in [-0.3, -0.25) is 9.88 Å². The van der Waals surface area contributed by atoms with Crippen LogP contribution in [0.5, 0.6) is 0 Å². The second kappa shape index (κ2) is 11.5. The summed E-state index contributed by atoms with van der Waals surface area (Å²) in [5, 5.41) is 5.79. The summed E-state index contributed by atoms with van der Waals surface area (Å²) in [5.41, 5.74) is 2.86. The van der Waals surface area contributed by atoms with Gasteiger partial charge in [0.25, 0.3) is 0 Å². The summed E-state index contributed by atoms with van der Waals surface area (Å²) >= 11 is 0. The number of likely N-dealkylation sites (tertiary alicyclic amines) is 1. The Morgan fingerprint density at radius 2 is 1.89 bits per heavy atom. The Kier molecular flexibility index (Phi) is 8.39. The highest BCUT2D eigenvalue weighted by molar-refractivity contribution is 7.90. The largest absolute Gasteiger partial charge is 0.383 e. The number of halogens is 2. The molecule has 3 aromatic rings. The van der Waals surface area contributed by atoms with Gasteiger partial charge in [0, 0.05) is 44.5 Å². The van der Waals surface area contributed by atoms with Crippen molar-refractivity contribution in [3.8, 4) is 11.3 Å². The predicted molar refractivity (Wildman–Crippen MR) is 141 cm³/mol. The first-order chi connectivity index (χ1) is 18.0. The minimum atomic E-state index is -3.36. The zero-order valence-electron chi connectivity index (χ0n) is 21.4. The highest BCUT2D eigenvalue weighted by Gasteiger charge is 2.35. The van der Waals surface area contributed by atoms with E-state index in [1.54, 1.807) is 50.4 Å². The first-order valence-corrected chi connectivity index (χ1v) is 14.0. The summed E-state index contributed by atoms with van der Waals surface area (Å²) in [6.07, 6.45) is 1.15. The number of nitrogens with one attached hydrogen (secondary N) is 2. The van der Waals surface area contributed by atoms with Crippen LogP contribution in [0.15, 0.2) is 59.5 Å². The summed E-state index contributed by atoms with van der Waals surface area (Å²) in [4.78, 5) is 19.8. The number of anilines is 1. The van der Waals surface area contributed by atoms with Gasteiger partial charge < -0.3 is 15.4 Å². The quantitative estimate of drug-likeness (QED) is 0.445. The van der Waals surface area contributed by atoms with E-state index in [1.807, 2.05) is 0 Å². The fraction of sp³-hybridized carbons (Fsp3) is 0.333. The molecular weight excluding hydrogens is 514 g/mol. The summed E-state index contributed by atoms with van der Waals surface area (Å²) in [6.45, 7) is 3.97. The van der Waals surface area contributed by atoms with Crippen LogP contribution < -0.4 is 10.6 Å². The fourth-order valence-electron chi connectivity index (χ4n) is 4.58. The Morgan fingerprint density at radius 3 is 2.58 bits per heavy atom. The van der Waals surface area contributed by atoms with Gasteiger partial charge in [0.2, 0.25) is 0 Å². The summed E-state index contributed by atoms with van der Waals surface area (Å²) in [6, 6.07) is 12.9. The van der Waals surface area contributed by atoms with Crippen molar-refractivity contribution in [1.82, 2.24) is 15.2 Å². The first kappa shape index (κ1) is 27.6. The van der Waals surface area contributed by atoms with Crippen LogP contribution in [0.2, 0.25) is 0 Å². The van der Waals surface area contributed by atoms with Crippen molar-refractivity contribution < 1.29 is 26.7 Å². The van der Waals surface area contributed by atoms with Gasteiger partial charge in [-0.25, -0.2) is 22.0 Å². The number of ether oxygens (including phenoxy) is 1. The molecular formula is C27H30F2N4O4S. The van der Waals surface area contributed by atoms with Crippen molar-refractivity contribution in [2.24, 2.45) is 0 Å². The number of carbonyl (C=O) groups excluding carboxylic acids is 1. The highest BCUT2D eigenvalue weighted by Crippen LogP contribution is 2.29. The smallest absolute Gasteiger partial charge is 0.319 e. The van der Waals surface area contributed by atoms with Crippen molar-refractivity contribution in [3.63, 3.8) is 0 Å². The lowest BCUT2D eigenvalue weighted by Gasteiger charge is -2.21. The average molecular weight is 545 g/mol. The lowest BCUT2D eigenvalue weighted by atomic mass is 9.94. The van der Waals surface area contributed by atoms with Gasteiger partial charge >= 0.3 is 6.03 Å². The molecule has 0 spiro atoms. The van der Waals surface area contributed by atoms with Crippen LogP contribution in [0.1, 0.15) is 17.2 Å². The van der Waals surface area contributed by atoms with E-state index in [-0.39, 0.29) is 16.9 Å². The number of carbonyl (C=O) groups is 1. The monoisotopic (exact) mass is 544 g/mol. The standard InChI is InChI=1S/C27H30F2N4O4S/c1-17-24(9-10-25(30-17)19-5-4-6-20(13-19)38(3,35)36)31-27(34)32-26-16-33(11-12-37-2)15-21(26)18-7-8-22(28)23(29)14-18/h4-10,13-14,21,26H,11-12,15-16H2,1-3H3,(H2,31,32,34)/t21-,26+/m0/s1.